The van der Waals surface area contributed by atoms with Gasteiger partial charge in [-0.3, -0.25) is 20.2 Å². The Morgan fingerprint density at radius 1 is 1.17 bits per heavy atom. The van der Waals surface area contributed by atoms with E-state index in [2.05, 4.69) is 10.6 Å². The van der Waals surface area contributed by atoms with Crippen LogP contribution >= 0.6 is 11.8 Å². The van der Waals surface area contributed by atoms with Crippen LogP contribution in [0.1, 0.15) is 33.6 Å². The van der Waals surface area contributed by atoms with Crippen molar-refractivity contribution in [1.29, 1.82) is 0 Å². The van der Waals surface area contributed by atoms with E-state index in [0.29, 0.717) is 18.1 Å². The van der Waals surface area contributed by atoms with Gasteiger partial charge in [0.15, 0.2) is 0 Å². The monoisotopic (exact) mass is 272 g/mol. The molecule has 0 aromatic carbocycles. The van der Waals surface area contributed by atoms with E-state index in [1.165, 1.54) is 0 Å². The zero-order chi connectivity index (χ0) is 13.8. The maximum atomic E-state index is 12.0. The lowest BCUT2D eigenvalue weighted by atomic mass is 9.80. The van der Waals surface area contributed by atoms with Crippen molar-refractivity contribution < 1.29 is 14.4 Å². The highest BCUT2D eigenvalue weighted by atomic mass is 32.2. The molecule has 1 fully saturated rings. The molecule has 4 amide bonds. The van der Waals surface area contributed by atoms with Gasteiger partial charge in [0, 0.05) is 5.75 Å². The molecule has 0 saturated carbocycles. The first-order valence-electron chi connectivity index (χ1n) is 6.17. The van der Waals surface area contributed by atoms with E-state index in [0.717, 1.165) is 12.2 Å². The van der Waals surface area contributed by atoms with E-state index < -0.39 is 23.3 Å². The predicted molar refractivity (Wildman–Crippen MR) is 71.2 cm³/mol. The van der Waals surface area contributed by atoms with Crippen LogP contribution in [-0.2, 0) is 9.59 Å². The largest absolute Gasteiger partial charge is 0.328 e. The van der Waals surface area contributed by atoms with Crippen molar-refractivity contribution in [3.63, 3.8) is 0 Å². The number of hydrogen-bond donors (Lipinski definition) is 2. The van der Waals surface area contributed by atoms with Crippen molar-refractivity contribution in [1.82, 2.24) is 10.6 Å². The minimum atomic E-state index is -1.10. The van der Waals surface area contributed by atoms with Gasteiger partial charge in [0.1, 0.15) is 5.41 Å². The van der Waals surface area contributed by atoms with Crippen molar-refractivity contribution in [2.45, 2.75) is 33.6 Å². The van der Waals surface area contributed by atoms with E-state index in [1.54, 1.807) is 11.8 Å². The Morgan fingerprint density at radius 3 is 2.17 bits per heavy atom. The van der Waals surface area contributed by atoms with Crippen LogP contribution in [0.15, 0.2) is 0 Å². The third-order valence-corrected chi connectivity index (χ3v) is 4.13. The van der Waals surface area contributed by atoms with Gasteiger partial charge >= 0.3 is 6.03 Å². The summed E-state index contributed by atoms with van der Waals surface area (Å²) in [5.74, 6) is 0.737. The van der Waals surface area contributed by atoms with Gasteiger partial charge in [-0.05, 0) is 24.5 Å². The number of thioether (sulfide) groups is 1. The topological polar surface area (TPSA) is 75.3 Å². The molecule has 1 aliphatic rings. The second kappa shape index (κ2) is 6.22. The molecule has 0 unspecified atom stereocenters. The highest BCUT2D eigenvalue weighted by molar-refractivity contribution is 7.99. The fourth-order valence-electron chi connectivity index (χ4n) is 1.82. The van der Waals surface area contributed by atoms with Crippen molar-refractivity contribution in [3.05, 3.63) is 0 Å². The fourth-order valence-corrected chi connectivity index (χ4v) is 2.78. The summed E-state index contributed by atoms with van der Waals surface area (Å²) in [7, 11) is 0. The summed E-state index contributed by atoms with van der Waals surface area (Å²) in [5.41, 5.74) is -1.10. The molecule has 0 radical (unpaired) electrons. The van der Waals surface area contributed by atoms with E-state index in [-0.39, 0.29) is 0 Å². The zero-order valence-electron chi connectivity index (χ0n) is 11.0. The Balaban J connectivity index is 2.90. The lowest BCUT2D eigenvalue weighted by Crippen LogP contribution is -2.63. The minimum Gasteiger partial charge on any atom is -0.277 e. The Bertz CT molecular complexity index is 335. The summed E-state index contributed by atoms with van der Waals surface area (Å²) >= 11 is 1.54. The molecule has 6 heteroatoms. The number of urea groups is 1. The van der Waals surface area contributed by atoms with E-state index in [1.807, 2.05) is 20.8 Å². The number of rotatable bonds is 6. The molecule has 1 saturated heterocycles. The molecule has 102 valence electrons. The van der Waals surface area contributed by atoms with Gasteiger partial charge in [-0.25, -0.2) is 4.79 Å². The van der Waals surface area contributed by atoms with Crippen LogP contribution in [0.2, 0.25) is 0 Å². The van der Waals surface area contributed by atoms with Crippen molar-refractivity contribution in [2.24, 2.45) is 11.3 Å². The van der Waals surface area contributed by atoms with Gasteiger partial charge in [0.2, 0.25) is 11.8 Å². The normalized spacial score (nSPS) is 18.8. The molecule has 1 aliphatic heterocycles. The first kappa shape index (κ1) is 15.0. The molecule has 1 heterocycles. The van der Waals surface area contributed by atoms with Gasteiger partial charge in [-0.2, -0.15) is 11.8 Å². The van der Waals surface area contributed by atoms with Gasteiger partial charge in [-0.1, -0.05) is 20.8 Å². The Morgan fingerprint density at radius 2 is 1.72 bits per heavy atom. The van der Waals surface area contributed by atoms with Gasteiger partial charge < -0.3 is 0 Å². The third kappa shape index (κ3) is 3.25. The smallest absolute Gasteiger partial charge is 0.277 e. The Labute approximate surface area is 111 Å². The van der Waals surface area contributed by atoms with Crippen LogP contribution in [0, 0.1) is 11.3 Å². The summed E-state index contributed by atoms with van der Waals surface area (Å²) < 4.78 is 0. The van der Waals surface area contributed by atoms with Crippen molar-refractivity contribution >= 4 is 29.6 Å². The standard InChI is InChI=1S/C12H20N2O3S/c1-4-18-7-12(6-5-8(2)3)9(15)13-11(17)14-10(12)16/h8H,4-7H2,1-3H3,(H2,13,14,15,16,17). The molecule has 0 bridgehead atoms. The van der Waals surface area contributed by atoms with Crippen molar-refractivity contribution in [3.8, 4) is 0 Å². The quantitative estimate of drug-likeness (QED) is 0.719. The second-order valence-electron chi connectivity index (χ2n) is 4.89. The van der Waals surface area contributed by atoms with Crippen LogP contribution in [0.4, 0.5) is 4.79 Å². The molecule has 2 N–H and O–H groups in total. The Hall–Kier alpha value is -1.04. The maximum Gasteiger partial charge on any atom is 0.328 e. The molecule has 0 aromatic rings. The molecule has 0 aliphatic carbocycles. The highest BCUT2D eigenvalue weighted by Gasteiger charge is 2.49. The minimum absolute atomic E-state index is 0.409. The summed E-state index contributed by atoms with van der Waals surface area (Å²) in [6, 6.07) is -0.716. The van der Waals surface area contributed by atoms with Gasteiger partial charge in [0.25, 0.3) is 0 Å². The molecule has 5 nitrogen and oxygen atoms in total. The molecule has 0 atom stereocenters. The number of hydrogen-bond acceptors (Lipinski definition) is 4. The van der Waals surface area contributed by atoms with Crippen LogP contribution < -0.4 is 10.6 Å². The summed E-state index contributed by atoms with van der Waals surface area (Å²) in [4.78, 5) is 35.2. The maximum absolute atomic E-state index is 12.0. The molecular formula is C12H20N2O3S. The van der Waals surface area contributed by atoms with E-state index in [9.17, 15) is 14.4 Å². The predicted octanol–water partition coefficient (Wildman–Crippen LogP) is 1.53. The fraction of sp³-hybridized carbons (Fsp3) is 0.750. The van der Waals surface area contributed by atoms with Crippen LogP contribution in [0.3, 0.4) is 0 Å². The number of amides is 4. The number of carbonyl (C=O) groups excluding carboxylic acids is 3. The SMILES string of the molecule is CCSCC1(CCC(C)C)C(=O)NC(=O)NC1=O. The Kier molecular flexibility index (Phi) is 5.19. The first-order valence-corrected chi connectivity index (χ1v) is 7.32. The number of carbonyl (C=O) groups is 3. The zero-order valence-corrected chi connectivity index (χ0v) is 11.9. The average molecular weight is 272 g/mol. The van der Waals surface area contributed by atoms with Crippen LogP contribution in [0.25, 0.3) is 0 Å². The van der Waals surface area contributed by atoms with Crippen LogP contribution in [0.5, 0.6) is 0 Å². The number of imide groups is 2. The lowest BCUT2D eigenvalue weighted by molar-refractivity contribution is -0.143. The summed E-state index contributed by atoms with van der Waals surface area (Å²) in [6.07, 6.45) is 1.25. The highest BCUT2D eigenvalue weighted by Crippen LogP contribution is 2.32. The van der Waals surface area contributed by atoms with E-state index >= 15 is 0 Å². The molecule has 18 heavy (non-hydrogen) atoms. The van der Waals surface area contributed by atoms with E-state index in [4.69, 9.17) is 0 Å². The number of barbiturate groups is 1. The summed E-state index contributed by atoms with van der Waals surface area (Å²) in [5, 5.41) is 4.42. The average Bonchev–Trinajstić information content (AvgIpc) is 2.27. The number of nitrogens with one attached hydrogen (secondary N) is 2. The first-order chi connectivity index (χ1) is 8.42. The lowest BCUT2D eigenvalue weighted by Gasteiger charge is -2.34. The molecule has 1 rings (SSSR count). The molecular weight excluding hydrogens is 252 g/mol. The van der Waals surface area contributed by atoms with Crippen molar-refractivity contribution in [2.75, 3.05) is 11.5 Å². The van der Waals surface area contributed by atoms with Crippen LogP contribution in [-0.4, -0.2) is 29.4 Å². The summed E-state index contributed by atoms with van der Waals surface area (Å²) in [6.45, 7) is 6.07. The molecule has 0 spiro atoms. The third-order valence-electron chi connectivity index (χ3n) is 3.02. The molecule has 0 aromatic heterocycles. The van der Waals surface area contributed by atoms with Gasteiger partial charge in [-0.15, -0.1) is 0 Å². The second-order valence-corrected chi connectivity index (χ2v) is 6.16. The van der Waals surface area contributed by atoms with Gasteiger partial charge in [0.05, 0.1) is 0 Å².